The molecule has 31 heavy (non-hydrogen) atoms. The van der Waals surface area contributed by atoms with Crippen molar-refractivity contribution in [2.24, 2.45) is 7.05 Å². The van der Waals surface area contributed by atoms with Crippen LogP contribution in [0.15, 0.2) is 24.3 Å². The Hall–Kier alpha value is -3.42. The molecule has 0 saturated carbocycles. The lowest BCUT2D eigenvalue weighted by atomic mass is 10.0. The lowest BCUT2D eigenvalue weighted by Gasteiger charge is -2.35. The van der Waals surface area contributed by atoms with Crippen LogP contribution in [0.5, 0.6) is 0 Å². The fraction of sp³-hybridized carbons (Fsp3) is 0.391. The Morgan fingerprint density at radius 2 is 1.74 bits per heavy atom. The van der Waals surface area contributed by atoms with Gasteiger partial charge in [0.25, 0.3) is 6.47 Å². The van der Waals surface area contributed by atoms with Crippen molar-refractivity contribution in [3.05, 3.63) is 41.2 Å². The lowest BCUT2D eigenvalue weighted by Crippen LogP contribution is -2.48. The highest BCUT2D eigenvalue weighted by atomic mass is 16.3. The minimum absolute atomic E-state index is 0.159. The Morgan fingerprint density at radius 1 is 1.10 bits per heavy atom. The molecule has 164 valence electrons. The van der Waals surface area contributed by atoms with Gasteiger partial charge in [0.2, 0.25) is 5.91 Å². The van der Waals surface area contributed by atoms with Gasteiger partial charge < -0.3 is 14.9 Å². The molecule has 0 aliphatic carbocycles. The van der Waals surface area contributed by atoms with E-state index in [1.807, 2.05) is 23.6 Å². The van der Waals surface area contributed by atoms with Gasteiger partial charge in [0.1, 0.15) is 0 Å². The molecule has 8 heteroatoms. The van der Waals surface area contributed by atoms with Crippen LogP contribution < -0.4 is 4.90 Å². The van der Waals surface area contributed by atoms with Crippen molar-refractivity contribution in [2.75, 3.05) is 31.1 Å². The third kappa shape index (κ3) is 4.52. The number of hydrogen-bond acceptors (Lipinski definition) is 5. The second-order valence-corrected chi connectivity index (χ2v) is 7.79. The van der Waals surface area contributed by atoms with Gasteiger partial charge in [0.15, 0.2) is 0 Å². The maximum Gasteiger partial charge on any atom is 0.290 e. The highest BCUT2D eigenvalue weighted by molar-refractivity contribution is 5.88. The van der Waals surface area contributed by atoms with Crippen molar-refractivity contribution in [1.29, 1.82) is 0 Å². The summed E-state index contributed by atoms with van der Waals surface area (Å²) in [5, 5.41) is 12.6. The third-order valence-electron chi connectivity index (χ3n) is 5.85. The summed E-state index contributed by atoms with van der Waals surface area (Å²) in [5.41, 5.74) is 7.65. The van der Waals surface area contributed by atoms with Crippen LogP contribution in [0.3, 0.4) is 0 Å². The summed E-state index contributed by atoms with van der Waals surface area (Å²) in [6.45, 7) is 10.9. The van der Waals surface area contributed by atoms with Gasteiger partial charge >= 0.3 is 0 Å². The van der Waals surface area contributed by atoms with Crippen molar-refractivity contribution < 1.29 is 14.7 Å². The van der Waals surface area contributed by atoms with Crippen LogP contribution in [0.25, 0.3) is 22.2 Å². The summed E-state index contributed by atoms with van der Waals surface area (Å²) in [7, 11) is 1.97. The first-order chi connectivity index (χ1) is 14.8. The Balaban J connectivity index is 0.000000858. The molecule has 1 aliphatic rings. The van der Waals surface area contributed by atoms with E-state index < -0.39 is 0 Å². The summed E-state index contributed by atoms with van der Waals surface area (Å²) in [4.78, 5) is 29.1. The van der Waals surface area contributed by atoms with Crippen LogP contribution in [0.2, 0.25) is 0 Å². The van der Waals surface area contributed by atoms with Gasteiger partial charge in [-0.1, -0.05) is 0 Å². The summed E-state index contributed by atoms with van der Waals surface area (Å²) < 4.78 is 1.91. The molecule has 3 heterocycles. The number of anilines is 1. The predicted octanol–water partition coefficient (Wildman–Crippen LogP) is 2.93. The Morgan fingerprint density at radius 3 is 2.29 bits per heavy atom. The summed E-state index contributed by atoms with van der Waals surface area (Å²) in [6.07, 6.45) is 0. The topological polar surface area (TPSA) is 91.6 Å². The SMILES string of the molecule is CC(=O)N1CCN(c2ccc3nc(-c4c(C)nn(C)c4C)cc(C)c3c2)CC1.O=CO. The monoisotopic (exact) mass is 423 g/mol. The van der Waals surface area contributed by atoms with E-state index in [-0.39, 0.29) is 12.4 Å². The number of benzene rings is 1. The molecule has 1 aliphatic heterocycles. The van der Waals surface area contributed by atoms with Crippen LogP contribution >= 0.6 is 0 Å². The molecular weight excluding hydrogens is 394 g/mol. The highest BCUT2D eigenvalue weighted by Crippen LogP contribution is 2.31. The number of nitrogens with zero attached hydrogens (tertiary/aromatic N) is 5. The first-order valence-corrected chi connectivity index (χ1v) is 10.3. The Kier molecular flexibility index (Phi) is 6.58. The van der Waals surface area contributed by atoms with Gasteiger partial charge in [0, 0.05) is 62.5 Å². The van der Waals surface area contributed by atoms with Crippen LogP contribution in [0.1, 0.15) is 23.9 Å². The molecule has 1 fully saturated rings. The molecule has 0 bridgehead atoms. The second kappa shape index (κ2) is 9.16. The second-order valence-electron chi connectivity index (χ2n) is 7.79. The van der Waals surface area contributed by atoms with Gasteiger partial charge in [-0.05, 0) is 50.6 Å². The molecule has 0 spiro atoms. The molecular formula is C23H29N5O3. The number of pyridine rings is 1. The maximum absolute atomic E-state index is 11.6. The zero-order valence-electron chi connectivity index (χ0n) is 18.7. The van der Waals surface area contributed by atoms with Gasteiger partial charge in [0.05, 0.1) is 16.9 Å². The molecule has 1 N–H and O–H groups in total. The fourth-order valence-corrected chi connectivity index (χ4v) is 4.13. The molecule has 0 atom stereocenters. The van der Waals surface area contributed by atoms with Crippen LogP contribution in [-0.2, 0) is 16.6 Å². The number of carbonyl (C=O) groups is 2. The lowest BCUT2D eigenvalue weighted by molar-refractivity contribution is -0.129. The number of carboxylic acid groups (broad SMARTS) is 1. The Labute approximate surface area is 182 Å². The molecule has 0 radical (unpaired) electrons. The number of hydrogen-bond donors (Lipinski definition) is 1. The summed E-state index contributed by atoms with van der Waals surface area (Å²) in [6, 6.07) is 8.65. The van der Waals surface area contributed by atoms with E-state index in [9.17, 15) is 4.79 Å². The van der Waals surface area contributed by atoms with E-state index in [4.69, 9.17) is 14.9 Å². The van der Waals surface area contributed by atoms with Gasteiger partial charge in [-0.2, -0.15) is 5.10 Å². The molecule has 0 unspecified atom stereocenters. The van der Waals surface area contributed by atoms with Gasteiger partial charge in [-0.25, -0.2) is 4.98 Å². The molecule has 8 nitrogen and oxygen atoms in total. The number of aryl methyl sites for hydroxylation is 3. The van der Waals surface area contributed by atoms with Crippen LogP contribution in [-0.4, -0.2) is 63.3 Å². The fourth-order valence-electron chi connectivity index (χ4n) is 4.13. The molecule has 1 amide bonds. The van der Waals surface area contributed by atoms with Crippen molar-refractivity contribution >= 4 is 29.0 Å². The van der Waals surface area contributed by atoms with E-state index in [2.05, 4.69) is 48.1 Å². The minimum Gasteiger partial charge on any atom is -0.483 e. The summed E-state index contributed by atoms with van der Waals surface area (Å²) >= 11 is 0. The van der Waals surface area contributed by atoms with Crippen LogP contribution in [0, 0.1) is 20.8 Å². The maximum atomic E-state index is 11.6. The first-order valence-electron chi connectivity index (χ1n) is 10.3. The zero-order chi connectivity index (χ0) is 22.7. The number of fused-ring (bicyclic) bond motifs is 1. The first kappa shape index (κ1) is 22.3. The predicted molar refractivity (Wildman–Crippen MR) is 121 cm³/mol. The van der Waals surface area contributed by atoms with E-state index in [1.165, 1.54) is 16.6 Å². The van der Waals surface area contributed by atoms with Gasteiger partial charge in [-0.15, -0.1) is 0 Å². The molecule has 2 aromatic heterocycles. The number of rotatable bonds is 2. The average Bonchev–Trinajstić information content (AvgIpc) is 3.00. The number of amides is 1. The van der Waals surface area contributed by atoms with Crippen molar-refractivity contribution in [3.8, 4) is 11.3 Å². The largest absolute Gasteiger partial charge is 0.483 e. The van der Waals surface area contributed by atoms with Crippen molar-refractivity contribution in [2.45, 2.75) is 27.7 Å². The van der Waals surface area contributed by atoms with Crippen LogP contribution in [0.4, 0.5) is 5.69 Å². The van der Waals surface area contributed by atoms with Gasteiger partial charge in [-0.3, -0.25) is 14.3 Å². The van der Waals surface area contributed by atoms with E-state index in [0.717, 1.165) is 54.3 Å². The minimum atomic E-state index is -0.250. The number of carbonyl (C=O) groups excluding carboxylic acids is 1. The Bertz CT molecular complexity index is 1110. The summed E-state index contributed by atoms with van der Waals surface area (Å²) in [5.74, 6) is 0.159. The molecule has 1 saturated heterocycles. The van der Waals surface area contributed by atoms with Crippen molar-refractivity contribution in [1.82, 2.24) is 19.7 Å². The van der Waals surface area contributed by atoms with E-state index in [0.29, 0.717) is 0 Å². The number of aromatic nitrogens is 3. The standard InChI is InChI=1S/C22H27N5O.CH2O2/c1-14-12-21(22-15(2)24-25(5)16(22)3)23-20-7-6-18(13-19(14)20)27-10-8-26(9-11-27)17(4)28;2-1-3/h6-7,12-13H,8-11H2,1-5H3;1H,(H,2,3). The third-order valence-corrected chi connectivity index (χ3v) is 5.85. The van der Waals surface area contributed by atoms with Crippen molar-refractivity contribution in [3.63, 3.8) is 0 Å². The molecule has 1 aromatic carbocycles. The molecule has 3 aromatic rings. The van der Waals surface area contributed by atoms with E-state index in [1.54, 1.807) is 6.92 Å². The normalized spacial score (nSPS) is 13.7. The quantitative estimate of drug-likeness (QED) is 0.637. The number of piperazine rings is 1. The highest BCUT2D eigenvalue weighted by Gasteiger charge is 2.20. The molecule has 4 rings (SSSR count). The average molecular weight is 424 g/mol. The zero-order valence-corrected chi connectivity index (χ0v) is 18.7. The smallest absolute Gasteiger partial charge is 0.290 e. The van der Waals surface area contributed by atoms with E-state index >= 15 is 0 Å².